The van der Waals surface area contributed by atoms with Gasteiger partial charge >= 0.3 is 0 Å². The average Bonchev–Trinajstić information content (AvgIpc) is 3.01. The van der Waals surface area contributed by atoms with E-state index in [9.17, 15) is 0 Å². The molecule has 23 heavy (non-hydrogen) atoms. The maximum atomic E-state index is 5.25. The van der Waals surface area contributed by atoms with Crippen LogP contribution >= 0.6 is 0 Å². The Morgan fingerprint density at radius 3 is 2.13 bits per heavy atom. The Balaban J connectivity index is 2.12. The highest BCUT2D eigenvalue weighted by molar-refractivity contribution is 5.65. The topological polar surface area (TPSA) is 27.1 Å². The van der Waals surface area contributed by atoms with E-state index in [2.05, 4.69) is 51.2 Å². The number of nitrogens with zero attached hydrogens (tertiary/aromatic N) is 2. The highest BCUT2D eigenvalue weighted by Crippen LogP contribution is 2.33. The molecule has 3 heteroatoms. The van der Waals surface area contributed by atoms with Gasteiger partial charge in [-0.1, -0.05) is 39.0 Å². The van der Waals surface area contributed by atoms with Crippen LogP contribution in [0.15, 0.2) is 60.8 Å². The van der Waals surface area contributed by atoms with Crippen molar-refractivity contribution < 1.29 is 4.74 Å². The largest absolute Gasteiger partial charge is 0.497 e. The molecule has 0 aliphatic heterocycles. The monoisotopic (exact) mass is 306 g/mol. The Morgan fingerprint density at radius 2 is 1.57 bits per heavy atom. The molecule has 3 rings (SSSR count). The molecule has 0 amide bonds. The highest BCUT2D eigenvalue weighted by atomic mass is 16.5. The summed E-state index contributed by atoms with van der Waals surface area (Å²) in [5.74, 6) is 0.855. The van der Waals surface area contributed by atoms with Crippen molar-refractivity contribution in [3.63, 3.8) is 0 Å². The molecule has 0 unspecified atom stereocenters. The molecule has 0 spiro atoms. The summed E-state index contributed by atoms with van der Waals surface area (Å²) in [6.45, 7) is 6.64. The number of hydrogen-bond donors (Lipinski definition) is 0. The second-order valence-electron chi connectivity index (χ2n) is 6.65. The molecule has 3 aromatic rings. The first-order valence-electron chi connectivity index (χ1n) is 7.79. The molecule has 0 fully saturated rings. The third-order valence-corrected chi connectivity index (χ3v) is 3.91. The highest BCUT2D eigenvalue weighted by Gasteiger charge is 2.23. The number of benzene rings is 2. The van der Waals surface area contributed by atoms with Gasteiger partial charge in [-0.3, -0.25) is 0 Å². The smallest absolute Gasteiger partial charge is 0.118 e. The molecule has 0 bridgehead atoms. The van der Waals surface area contributed by atoms with Gasteiger partial charge in [-0.05, 0) is 41.8 Å². The molecule has 0 saturated carbocycles. The van der Waals surface area contributed by atoms with Crippen LogP contribution in [0, 0.1) is 0 Å². The normalized spacial score (nSPS) is 11.5. The van der Waals surface area contributed by atoms with Crippen LogP contribution in [0.3, 0.4) is 0 Å². The van der Waals surface area contributed by atoms with E-state index in [1.807, 2.05) is 35.0 Å². The molecule has 118 valence electrons. The number of para-hydroxylation sites is 1. The summed E-state index contributed by atoms with van der Waals surface area (Å²) in [4.78, 5) is 0. The van der Waals surface area contributed by atoms with E-state index < -0.39 is 0 Å². The SMILES string of the molecule is COc1ccc(-c2nn(-c3ccccc3)cc2C(C)(C)C)cc1. The third-order valence-electron chi connectivity index (χ3n) is 3.91. The first kappa shape index (κ1) is 15.3. The van der Waals surface area contributed by atoms with Gasteiger partial charge in [0, 0.05) is 17.3 Å². The lowest BCUT2D eigenvalue weighted by Gasteiger charge is -2.18. The van der Waals surface area contributed by atoms with Gasteiger partial charge in [0.2, 0.25) is 0 Å². The number of methoxy groups -OCH3 is 1. The molecule has 0 aliphatic rings. The molecule has 0 atom stereocenters. The summed E-state index contributed by atoms with van der Waals surface area (Å²) in [6.07, 6.45) is 2.13. The summed E-state index contributed by atoms with van der Waals surface area (Å²) in [5.41, 5.74) is 4.43. The van der Waals surface area contributed by atoms with Gasteiger partial charge in [0.25, 0.3) is 0 Å². The lowest BCUT2D eigenvalue weighted by molar-refractivity contribution is 0.415. The van der Waals surface area contributed by atoms with Crippen molar-refractivity contribution in [2.75, 3.05) is 7.11 Å². The minimum atomic E-state index is 0.0162. The van der Waals surface area contributed by atoms with Crippen molar-refractivity contribution in [2.45, 2.75) is 26.2 Å². The van der Waals surface area contributed by atoms with Crippen molar-refractivity contribution >= 4 is 0 Å². The fourth-order valence-corrected chi connectivity index (χ4v) is 2.60. The summed E-state index contributed by atoms with van der Waals surface area (Å²) >= 11 is 0. The lowest BCUT2D eigenvalue weighted by atomic mass is 9.86. The van der Waals surface area contributed by atoms with Gasteiger partial charge in [0.1, 0.15) is 5.75 Å². The van der Waals surface area contributed by atoms with Crippen LogP contribution in [0.25, 0.3) is 16.9 Å². The Labute approximate surface area is 137 Å². The predicted molar refractivity (Wildman–Crippen MR) is 94.3 cm³/mol. The third kappa shape index (κ3) is 3.14. The molecule has 3 nitrogen and oxygen atoms in total. The fraction of sp³-hybridized carbons (Fsp3) is 0.250. The van der Waals surface area contributed by atoms with Gasteiger partial charge in [-0.25, -0.2) is 4.68 Å². The van der Waals surface area contributed by atoms with E-state index in [0.717, 1.165) is 22.7 Å². The van der Waals surface area contributed by atoms with Gasteiger partial charge in [0.05, 0.1) is 18.5 Å². The van der Waals surface area contributed by atoms with E-state index in [1.165, 1.54) is 5.56 Å². The predicted octanol–water partition coefficient (Wildman–Crippen LogP) is 4.85. The molecule has 2 aromatic carbocycles. The average molecular weight is 306 g/mol. The minimum Gasteiger partial charge on any atom is -0.497 e. The van der Waals surface area contributed by atoms with E-state index in [1.54, 1.807) is 7.11 Å². The number of aromatic nitrogens is 2. The van der Waals surface area contributed by atoms with E-state index in [-0.39, 0.29) is 5.41 Å². The lowest BCUT2D eigenvalue weighted by Crippen LogP contribution is -2.11. The van der Waals surface area contributed by atoms with Gasteiger partial charge in [-0.2, -0.15) is 5.10 Å². The maximum Gasteiger partial charge on any atom is 0.118 e. The van der Waals surface area contributed by atoms with Gasteiger partial charge in [0.15, 0.2) is 0 Å². The van der Waals surface area contributed by atoms with Crippen LogP contribution in [-0.4, -0.2) is 16.9 Å². The second-order valence-corrected chi connectivity index (χ2v) is 6.65. The number of hydrogen-bond acceptors (Lipinski definition) is 2. The summed E-state index contributed by atoms with van der Waals surface area (Å²) in [6, 6.07) is 18.3. The Bertz CT molecular complexity index is 781. The Hall–Kier alpha value is -2.55. The quantitative estimate of drug-likeness (QED) is 0.692. The van der Waals surface area contributed by atoms with E-state index >= 15 is 0 Å². The fourth-order valence-electron chi connectivity index (χ4n) is 2.60. The summed E-state index contributed by atoms with van der Waals surface area (Å²) in [7, 11) is 1.68. The van der Waals surface area contributed by atoms with Crippen LogP contribution in [0.1, 0.15) is 26.3 Å². The van der Waals surface area contributed by atoms with Gasteiger partial charge < -0.3 is 4.74 Å². The van der Waals surface area contributed by atoms with Crippen molar-refractivity contribution in [1.29, 1.82) is 0 Å². The molecule has 0 radical (unpaired) electrons. The van der Waals surface area contributed by atoms with E-state index in [0.29, 0.717) is 0 Å². The molecule has 1 heterocycles. The van der Waals surface area contributed by atoms with Crippen molar-refractivity contribution in [3.05, 3.63) is 66.4 Å². The standard InChI is InChI=1S/C20H22N2O/c1-20(2,3)18-14-22(16-8-6-5-7-9-16)21-19(18)15-10-12-17(23-4)13-11-15/h5-14H,1-4H3. The summed E-state index contributed by atoms with van der Waals surface area (Å²) in [5, 5.41) is 4.85. The molecular weight excluding hydrogens is 284 g/mol. The first-order valence-corrected chi connectivity index (χ1v) is 7.79. The number of rotatable bonds is 3. The zero-order valence-corrected chi connectivity index (χ0v) is 14.1. The second kappa shape index (κ2) is 5.92. The van der Waals surface area contributed by atoms with Crippen LogP contribution in [0.5, 0.6) is 5.75 Å². The molecular formula is C20H22N2O. The van der Waals surface area contributed by atoms with Crippen LogP contribution in [0.2, 0.25) is 0 Å². The van der Waals surface area contributed by atoms with Crippen LogP contribution in [-0.2, 0) is 5.41 Å². The number of ether oxygens (including phenoxy) is 1. The minimum absolute atomic E-state index is 0.0162. The molecule has 0 saturated heterocycles. The summed E-state index contributed by atoms with van der Waals surface area (Å²) < 4.78 is 7.21. The zero-order chi connectivity index (χ0) is 16.4. The van der Waals surface area contributed by atoms with Crippen LogP contribution < -0.4 is 4.74 Å². The van der Waals surface area contributed by atoms with Crippen LogP contribution in [0.4, 0.5) is 0 Å². The molecule has 0 N–H and O–H groups in total. The first-order chi connectivity index (χ1) is 11.0. The van der Waals surface area contributed by atoms with Crippen molar-refractivity contribution in [1.82, 2.24) is 9.78 Å². The molecule has 0 aliphatic carbocycles. The van der Waals surface area contributed by atoms with E-state index in [4.69, 9.17) is 9.84 Å². The van der Waals surface area contributed by atoms with Gasteiger partial charge in [-0.15, -0.1) is 0 Å². The Kier molecular flexibility index (Phi) is 3.95. The Morgan fingerprint density at radius 1 is 0.913 bits per heavy atom. The van der Waals surface area contributed by atoms with Crippen molar-refractivity contribution in [3.8, 4) is 22.7 Å². The van der Waals surface area contributed by atoms with Crippen molar-refractivity contribution in [2.24, 2.45) is 0 Å². The zero-order valence-electron chi connectivity index (χ0n) is 14.1. The molecule has 1 aromatic heterocycles. The maximum absolute atomic E-state index is 5.25.